The number of para-hydroxylation sites is 1. The van der Waals surface area contributed by atoms with E-state index in [2.05, 4.69) is 16.9 Å². The summed E-state index contributed by atoms with van der Waals surface area (Å²) < 4.78 is 11.0. The number of hydrogen-bond donors (Lipinski definition) is 0. The summed E-state index contributed by atoms with van der Waals surface area (Å²) >= 11 is 1.39. The number of benzene rings is 2. The fourth-order valence-corrected chi connectivity index (χ4v) is 3.77. The molecule has 6 heteroatoms. The van der Waals surface area contributed by atoms with E-state index in [-0.39, 0.29) is 12.3 Å². The molecule has 0 saturated heterocycles. The molecule has 3 rings (SSSR count). The highest BCUT2D eigenvalue weighted by Crippen LogP contribution is 2.34. The van der Waals surface area contributed by atoms with Crippen LogP contribution in [0.4, 0.5) is 0 Å². The Morgan fingerprint density at radius 2 is 1.93 bits per heavy atom. The van der Waals surface area contributed by atoms with E-state index in [4.69, 9.17) is 9.47 Å². The lowest BCUT2D eigenvalue weighted by Crippen LogP contribution is -2.03. The molecule has 0 aliphatic rings. The lowest BCUT2D eigenvalue weighted by molar-refractivity contribution is 0.100. The minimum atomic E-state index is -0.0389. The van der Waals surface area contributed by atoms with Gasteiger partial charge in [0, 0.05) is 6.21 Å². The summed E-state index contributed by atoms with van der Waals surface area (Å²) in [5.41, 5.74) is 2.55. The van der Waals surface area contributed by atoms with Crippen molar-refractivity contribution < 1.29 is 14.3 Å². The van der Waals surface area contributed by atoms with E-state index in [0.29, 0.717) is 11.5 Å². The number of hydrogen-bond acceptors (Lipinski definition) is 6. The molecule has 0 unspecified atom stereocenters. The van der Waals surface area contributed by atoms with Gasteiger partial charge in [0.15, 0.2) is 5.78 Å². The Kier molecular flexibility index (Phi) is 7.14. The maximum Gasteiger partial charge on any atom is 0.196 e. The summed E-state index contributed by atoms with van der Waals surface area (Å²) in [6, 6.07) is 15.3. The number of Topliss-reactive ketones (excluding diaryl/α,β-unsaturated/α-hetero) is 1. The van der Waals surface area contributed by atoms with Crippen molar-refractivity contribution in [2.75, 3.05) is 20.3 Å². The van der Waals surface area contributed by atoms with E-state index >= 15 is 0 Å². The largest absolute Gasteiger partial charge is 0.497 e. The van der Waals surface area contributed by atoms with Crippen molar-refractivity contribution in [3.05, 3.63) is 64.7 Å². The Balaban J connectivity index is 1.72. The molecule has 2 aromatic carbocycles. The van der Waals surface area contributed by atoms with Crippen LogP contribution in [0.15, 0.2) is 53.5 Å². The van der Waals surface area contributed by atoms with E-state index < -0.39 is 0 Å². The molecule has 0 fully saturated rings. The predicted molar refractivity (Wildman–Crippen MR) is 118 cm³/mol. The van der Waals surface area contributed by atoms with Crippen LogP contribution in [-0.4, -0.2) is 37.2 Å². The molecular weight excluding hydrogens is 384 g/mol. The lowest BCUT2D eigenvalue weighted by Gasteiger charge is -2.08. The molecule has 1 heterocycles. The van der Waals surface area contributed by atoms with Gasteiger partial charge in [0.25, 0.3) is 0 Å². The number of carbonyl (C=O) groups excluding carboxylic acids is 1. The monoisotopic (exact) mass is 408 g/mol. The maximum absolute atomic E-state index is 12.7. The first-order valence-corrected chi connectivity index (χ1v) is 10.3. The van der Waals surface area contributed by atoms with E-state index in [9.17, 15) is 4.79 Å². The van der Waals surface area contributed by atoms with Crippen molar-refractivity contribution in [3.8, 4) is 22.1 Å². The number of methoxy groups -OCH3 is 1. The van der Waals surface area contributed by atoms with Crippen molar-refractivity contribution >= 4 is 23.3 Å². The molecule has 0 aliphatic carbocycles. The Morgan fingerprint density at radius 3 is 2.66 bits per heavy atom. The third-order valence-corrected chi connectivity index (χ3v) is 5.45. The molecule has 0 aliphatic heterocycles. The van der Waals surface area contributed by atoms with Crippen molar-refractivity contribution in [3.63, 3.8) is 0 Å². The number of aromatic nitrogens is 1. The molecule has 0 radical (unpaired) electrons. The van der Waals surface area contributed by atoms with Gasteiger partial charge in [-0.15, -0.1) is 11.3 Å². The minimum Gasteiger partial charge on any atom is -0.497 e. The fourth-order valence-electron chi connectivity index (χ4n) is 2.75. The average molecular weight is 409 g/mol. The second kappa shape index (κ2) is 9.98. The molecule has 0 amide bonds. The Bertz CT molecular complexity index is 994. The number of aryl methyl sites for hydroxylation is 1. The first kappa shape index (κ1) is 20.7. The summed E-state index contributed by atoms with van der Waals surface area (Å²) in [7, 11) is 1.63. The molecule has 3 aromatic rings. The lowest BCUT2D eigenvalue weighted by atomic mass is 10.2. The zero-order valence-corrected chi connectivity index (χ0v) is 17.7. The van der Waals surface area contributed by atoms with Gasteiger partial charge in [-0.1, -0.05) is 19.1 Å². The molecule has 1 aromatic heterocycles. The van der Waals surface area contributed by atoms with Crippen molar-refractivity contribution in [2.24, 2.45) is 4.99 Å². The molecule has 5 nitrogen and oxygen atoms in total. The first-order chi connectivity index (χ1) is 14.1. The van der Waals surface area contributed by atoms with Crippen LogP contribution in [0.25, 0.3) is 10.6 Å². The van der Waals surface area contributed by atoms with Crippen LogP contribution in [0.2, 0.25) is 0 Å². The summed E-state index contributed by atoms with van der Waals surface area (Å²) in [5.74, 6) is 1.54. The number of rotatable bonds is 9. The van der Waals surface area contributed by atoms with Crippen molar-refractivity contribution in [2.45, 2.75) is 20.3 Å². The predicted octanol–water partition coefficient (Wildman–Crippen LogP) is 5.22. The van der Waals surface area contributed by atoms with E-state index in [1.54, 1.807) is 13.3 Å². The topological polar surface area (TPSA) is 60.8 Å². The van der Waals surface area contributed by atoms with Crippen molar-refractivity contribution in [1.82, 2.24) is 4.98 Å². The number of carbonyl (C=O) groups is 1. The summed E-state index contributed by atoms with van der Waals surface area (Å²) in [6.07, 6.45) is 2.63. The quantitative estimate of drug-likeness (QED) is 0.360. The Labute approximate surface area is 175 Å². The number of ketones is 1. The average Bonchev–Trinajstić information content (AvgIpc) is 3.14. The zero-order chi connectivity index (χ0) is 20.6. The molecule has 0 bridgehead atoms. The van der Waals surface area contributed by atoms with Gasteiger partial charge in [-0.2, -0.15) is 0 Å². The molecule has 0 saturated carbocycles. The molecule has 0 N–H and O–H groups in total. The van der Waals surface area contributed by atoms with Gasteiger partial charge in [0.1, 0.15) is 23.1 Å². The molecule has 0 atom stereocenters. The SMILES string of the molecule is CCCOc1ccccc1-c1nc(C)c(C(=O)CN=Cc2ccc(OC)cc2)s1. The van der Waals surface area contributed by atoms with Crippen LogP contribution >= 0.6 is 11.3 Å². The summed E-state index contributed by atoms with van der Waals surface area (Å²) in [4.78, 5) is 22.2. The normalized spacial score (nSPS) is 11.0. The van der Waals surface area contributed by atoms with Gasteiger partial charge in [0.05, 0.1) is 29.9 Å². The first-order valence-electron chi connectivity index (χ1n) is 9.49. The van der Waals surface area contributed by atoms with Gasteiger partial charge in [-0.05, 0) is 55.3 Å². The second-order valence-electron chi connectivity index (χ2n) is 6.44. The van der Waals surface area contributed by atoms with Crippen molar-refractivity contribution in [1.29, 1.82) is 0 Å². The zero-order valence-electron chi connectivity index (χ0n) is 16.8. The molecule has 29 heavy (non-hydrogen) atoms. The van der Waals surface area contributed by atoms with Gasteiger partial charge >= 0.3 is 0 Å². The number of thiazole rings is 1. The van der Waals surface area contributed by atoms with Crippen LogP contribution in [0.1, 0.15) is 34.3 Å². The number of aliphatic imine (C=N–C) groups is 1. The third kappa shape index (κ3) is 5.29. The van der Waals surface area contributed by atoms with E-state index in [1.165, 1.54) is 11.3 Å². The van der Waals surface area contributed by atoms with Crippen LogP contribution in [-0.2, 0) is 0 Å². The van der Waals surface area contributed by atoms with Gasteiger partial charge in [0.2, 0.25) is 0 Å². The second-order valence-corrected chi connectivity index (χ2v) is 7.44. The van der Waals surface area contributed by atoms with Gasteiger partial charge in [-0.3, -0.25) is 9.79 Å². The van der Waals surface area contributed by atoms with Gasteiger partial charge < -0.3 is 9.47 Å². The Hall–Kier alpha value is -2.99. The van der Waals surface area contributed by atoms with Crippen LogP contribution in [0.3, 0.4) is 0 Å². The minimum absolute atomic E-state index is 0.0389. The smallest absolute Gasteiger partial charge is 0.196 e. The summed E-state index contributed by atoms with van der Waals surface area (Å²) in [6.45, 7) is 4.66. The standard InChI is InChI=1S/C23H24N2O3S/c1-4-13-28-21-8-6-5-7-19(21)23-25-16(2)22(29-23)20(26)15-24-14-17-9-11-18(27-3)12-10-17/h5-12,14H,4,13,15H2,1-3H3. The highest BCUT2D eigenvalue weighted by atomic mass is 32.1. The van der Waals surface area contributed by atoms with Crippen LogP contribution in [0.5, 0.6) is 11.5 Å². The highest BCUT2D eigenvalue weighted by Gasteiger charge is 2.17. The maximum atomic E-state index is 12.7. The van der Waals surface area contributed by atoms with Gasteiger partial charge in [-0.25, -0.2) is 4.98 Å². The fraction of sp³-hybridized carbons (Fsp3) is 0.261. The number of ether oxygens (including phenoxy) is 2. The number of nitrogens with zero attached hydrogens (tertiary/aromatic N) is 2. The molecule has 150 valence electrons. The van der Waals surface area contributed by atoms with E-state index in [0.717, 1.165) is 39.7 Å². The molecule has 0 spiro atoms. The van der Waals surface area contributed by atoms with Crippen LogP contribution in [0, 0.1) is 6.92 Å². The van der Waals surface area contributed by atoms with E-state index in [1.807, 2.05) is 55.5 Å². The Morgan fingerprint density at radius 1 is 1.17 bits per heavy atom. The van der Waals surface area contributed by atoms with Crippen LogP contribution < -0.4 is 9.47 Å². The summed E-state index contributed by atoms with van der Waals surface area (Å²) in [5, 5.41) is 0.789. The third-order valence-electron chi connectivity index (χ3n) is 4.22. The molecular formula is C23H24N2O3S. The highest BCUT2D eigenvalue weighted by molar-refractivity contribution is 7.17.